The van der Waals surface area contributed by atoms with E-state index in [1.165, 1.54) is 0 Å². The van der Waals surface area contributed by atoms with Crippen molar-refractivity contribution in [2.24, 2.45) is 0 Å². The molecule has 0 spiro atoms. The van der Waals surface area contributed by atoms with Gasteiger partial charge in [-0.05, 0) is 24.6 Å². The fourth-order valence-corrected chi connectivity index (χ4v) is 1.55. The summed E-state index contributed by atoms with van der Waals surface area (Å²) < 4.78 is 5.06. The number of aryl methyl sites for hydroxylation is 1. The number of aliphatic carboxylic acids is 1. The molecule has 0 saturated heterocycles. The molecule has 0 aliphatic heterocycles. The average Bonchev–Trinajstić information content (AvgIpc) is 2.19. The monoisotopic (exact) mass is 218 g/mol. The number of carboxylic acids is 1. The third kappa shape index (κ3) is 1.95. The topological polar surface area (TPSA) is 67.5 Å². The number of rotatable bonds is 2. The fourth-order valence-electron chi connectivity index (χ4n) is 1.55. The standard InChI is InChI=1S/C12H10O4/c1-7-2-3-8-5-9(6-11(13)14)12(15)16-10(8)4-7/h2-5H,6H2,1H3,(H,13,14). The van der Waals surface area contributed by atoms with E-state index in [0.29, 0.717) is 5.58 Å². The number of fused-ring (bicyclic) bond motifs is 1. The van der Waals surface area contributed by atoms with E-state index in [2.05, 4.69) is 0 Å². The molecule has 0 fully saturated rings. The van der Waals surface area contributed by atoms with Gasteiger partial charge in [0.25, 0.3) is 0 Å². The van der Waals surface area contributed by atoms with Crippen LogP contribution in [0.1, 0.15) is 11.1 Å². The Balaban J connectivity index is 2.63. The SMILES string of the molecule is Cc1ccc2cc(CC(=O)O)c(=O)oc2c1. The van der Waals surface area contributed by atoms with Crippen molar-refractivity contribution in [3.8, 4) is 0 Å². The van der Waals surface area contributed by atoms with E-state index in [4.69, 9.17) is 9.52 Å². The van der Waals surface area contributed by atoms with Crippen LogP contribution in [0.3, 0.4) is 0 Å². The van der Waals surface area contributed by atoms with Crippen LogP contribution in [-0.2, 0) is 11.2 Å². The molecule has 0 bridgehead atoms. The third-order valence-corrected chi connectivity index (χ3v) is 2.31. The predicted molar refractivity (Wildman–Crippen MR) is 58.6 cm³/mol. The Kier molecular flexibility index (Phi) is 2.48. The summed E-state index contributed by atoms with van der Waals surface area (Å²) in [7, 11) is 0. The Morgan fingerprint density at radius 2 is 2.12 bits per heavy atom. The summed E-state index contributed by atoms with van der Waals surface area (Å²) in [6, 6.07) is 7.00. The van der Waals surface area contributed by atoms with Gasteiger partial charge in [-0.2, -0.15) is 0 Å². The van der Waals surface area contributed by atoms with Gasteiger partial charge >= 0.3 is 11.6 Å². The maximum absolute atomic E-state index is 11.4. The molecule has 4 nitrogen and oxygen atoms in total. The van der Waals surface area contributed by atoms with Crippen molar-refractivity contribution in [3.63, 3.8) is 0 Å². The molecule has 4 heteroatoms. The Morgan fingerprint density at radius 3 is 2.81 bits per heavy atom. The second kappa shape index (κ2) is 3.81. The summed E-state index contributed by atoms with van der Waals surface area (Å²) in [5.74, 6) is -1.04. The van der Waals surface area contributed by atoms with Gasteiger partial charge in [-0.3, -0.25) is 4.79 Å². The molecular formula is C12H10O4. The molecule has 2 rings (SSSR count). The van der Waals surface area contributed by atoms with Crippen LogP contribution in [0.25, 0.3) is 11.0 Å². The second-order valence-corrected chi connectivity index (χ2v) is 3.67. The molecule has 1 aromatic carbocycles. The van der Waals surface area contributed by atoms with Crippen molar-refractivity contribution in [3.05, 3.63) is 45.8 Å². The van der Waals surface area contributed by atoms with Crippen LogP contribution in [-0.4, -0.2) is 11.1 Å². The molecule has 0 radical (unpaired) electrons. The minimum atomic E-state index is -1.04. The molecule has 0 unspecified atom stereocenters. The summed E-state index contributed by atoms with van der Waals surface area (Å²) in [5.41, 5.74) is 1.06. The highest BCUT2D eigenvalue weighted by Crippen LogP contribution is 2.15. The van der Waals surface area contributed by atoms with Crippen LogP contribution in [0.4, 0.5) is 0 Å². The molecule has 16 heavy (non-hydrogen) atoms. The summed E-state index contributed by atoms with van der Waals surface area (Å²) in [6.07, 6.45) is -0.313. The molecule has 1 N–H and O–H groups in total. The van der Waals surface area contributed by atoms with Gasteiger partial charge in [-0.1, -0.05) is 12.1 Å². The molecule has 1 aromatic heterocycles. The zero-order valence-electron chi connectivity index (χ0n) is 8.69. The first kappa shape index (κ1) is 10.4. The van der Waals surface area contributed by atoms with E-state index in [1.807, 2.05) is 13.0 Å². The van der Waals surface area contributed by atoms with Crippen molar-refractivity contribution in [2.75, 3.05) is 0 Å². The fraction of sp³-hybridized carbons (Fsp3) is 0.167. The number of carboxylic acid groups (broad SMARTS) is 1. The molecular weight excluding hydrogens is 208 g/mol. The van der Waals surface area contributed by atoms with Gasteiger partial charge < -0.3 is 9.52 Å². The van der Waals surface area contributed by atoms with E-state index >= 15 is 0 Å². The van der Waals surface area contributed by atoms with Gasteiger partial charge in [0.15, 0.2) is 0 Å². The maximum Gasteiger partial charge on any atom is 0.340 e. The van der Waals surface area contributed by atoms with E-state index in [-0.39, 0.29) is 12.0 Å². The highest BCUT2D eigenvalue weighted by molar-refractivity contribution is 5.79. The second-order valence-electron chi connectivity index (χ2n) is 3.67. The van der Waals surface area contributed by atoms with Crippen LogP contribution >= 0.6 is 0 Å². The Hall–Kier alpha value is -2.10. The first-order valence-electron chi connectivity index (χ1n) is 4.81. The van der Waals surface area contributed by atoms with Gasteiger partial charge in [0.2, 0.25) is 0 Å². The molecule has 0 saturated carbocycles. The minimum absolute atomic E-state index is 0.170. The van der Waals surface area contributed by atoms with Crippen molar-refractivity contribution in [1.82, 2.24) is 0 Å². The summed E-state index contributed by atoms with van der Waals surface area (Å²) in [5, 5.41) is 9.36. The Labute approximate surface area is 91.1 Å². The van der Waals surface area contributed by atoms with Crippen LogP contribution < -0.4 is 5.63 Å². The first-order chi connectivity index (χ1) is 7.56. The highest BCUT2D eigenvalue weighted by Gasteiger charge is 2.08. The van der Waals surface area contributed by atoms with Gasteiger partial charge in [-0.15, -0.1) is 0 Å². The Bertz CT molecular complexity index is 610. The van der Waals surface area contributed by atoms with Gasteiger partial charge in [0, 0.05) is 10.9 Å². The normalized spacial score (nSPS) is 10.6. The van der Waals surface area contributed by atoms with Crippen molar-refractivity contribution in [2.45, 2.75) is 13.3 Å². The van der Waals surface area contributed by atoms with Gasteiger partial charge in [0.05, 0.1) is 6.42 Å². The molecule has 0 atom stereocenters. The smallest absolute Gasteiger partial charge is 0.340 e. The summed E-state index contributed by atoms with van der Waals surface area (Å²) >= 11 is 0. The quantitative estimate of drug-likeness (QED) is 0.779. The first-order valence-corrected chi connectivity index (χ1v) is 4.81. The lowest BCUT2D eigenvalue weighted by atomic mass is 10.1. The van der Waals surface area contributed by atoms with Crippen LogP contribution in [0.5, 0.6) is 0 Å². The molecule has 2 aromatic rings. The van der Waals surface area contributed by atoms with E-state index in [1.54, 1.807) is 18.2 Å². The predicted octanol–water partition coefficient (Wildman–Crippen LogP) is 1.73. The number of carbonyl (C=O) groups is 1. The molecule has 1 heterocycles. The highest BCUT2D eigenvalue weighted by atomic mass is 16.4. The van der Waals surface area contributed by atoms with Gasteiger partial charge in [0.1, 0.15) is 5.58 Å². The maximum atomic E-state index is 11.4. The number of benzene rings is 1. The van der Waals surface area contributed by atoms with E-state index in [0.717, 1.165) is 10.9 Å². The Morgan fingerprint density at radius 1 is 1.38 bits per heavy atom. The largest absolute Gasteiger partial charge is 0.481 e. The lowest BCUT2D eigenvalue weighted by Gasteiger charge is -2.00. The lowest BCUT2D eigenvalue weighted by Crippen LogP contribution is -2.12. The number of hydrogen-bond donors (Lipinski definition) is 1. The van der Waals surface area contributed by atoms with Gasteiger partial charge in [-0.25, -0.2) is 4.79 Å². The van der Waals surface area contributed by atoms with E-state index in [9.17, 15) is 9.59 Å². The van der Waals surface area contributed by atoms with Crippen molar-refractivity contribution >= 4 is 16.9 Å². The molecule has 82 valence electrons. The number of hydrogen-bond acceptors (Lipinski definition) is 3. The summed E-state index contributed by atoms with van der Waals surface area (Å²) in [6.45, 7) is 1.89. The molecule has 0 aliphatic carbocycles. The van der Waals surface area contributed by atoms with Crippen LogP contribution in [0.15, 0.2) is 33.5 Å². The lowest BCUT2D eigenvalue weighted by molar-refractivity contribution is -0.136. The third-order valence-electron chi connectivity index (χ3n) is 2.31. The molecule has 0 amide bonds. The minimum Gasteiger partial charge on any atom is -0.481 e. The zero-order valence-corrected chi connectivity index (χ0v) is 8.69. The van der Waals surface area contributed by atoms with E-state index < -0.39 is 11.6 Å². The average molecular weight is 218 g/mol. The van der Waals surface area contributed by atoms with Crippen molar-refractivity contribution < 1.29 is 14.3 Å². The molecule has 0 aliphatic rings. The summed E-state index contributed by atoms with van der Waals surface area (Å²) in [4.78, 5) is 22.0. The van der Waals surface area contributed by atoms with Crippen LogP contribution in [0.2, 0.25) is 0 Å². The van der Waals surface area contributed by atoms with Crippen LogP contribution in [0, 0.1) is 6.92 Å². The zero-order chi connectivity index (χ0) is 11.7. The van der Waals surface area contributed by atoms with Crippen molar-refractivity contribution in [1.29, 1.82) is 0 Å².